The Morgan fingerprint density at radius 3 is 2.60 bits per heavy atom. The minimum absolute atomic E-state index is 0.0241. The Bertz CT molecular complexity index is 1200. The van der Waals surface area contributed by atoms with E-state index < -0.39 is 53.2 Å². The molecule has 2 aliphatic rings. The van der Waals surface area contributed by atoms with Crippen molar-refractivity contribution in [2.45, 2.75) is 56.3 Å². The van der Waals surface area contributed by atoms with Crippen LogP contribution in [0.25, 0.3) is 11.2 Å². The van der Waals surface area contributed by atoms with Crippen LogP contribution in [0.2, 0.25) is 0 Å². The lowest BCUT2D eigenvalue weighted by Crippen LogP contribution is -2.36. The molecule has 17 heteroatoms. The van der Waals surface area contributed by atoms with Crippen LogP contribution >= 0.6 is 7.60 Å². The number of pyridine rings is 1. The van der Waals surface area contributed by atoms with Gasteiger partial charge in [-0.1, -0.05) is 18.1 Å². The van der Waals surface area contributed by atoms with Crippen molar-refractivity contribution in [3.05, 3.63) is 6.07 Å². The van der Waals surface area contributed by atoms with E-state index in [9.17, 15) is 23.2 Å². The summed E-state index contributed by atoms with van der Waals surface area (Å²) in [4.78, 5) is 22.3. The Morgan fingerprint density at radius 1 is 1.23 bits per heavy atom. The number of aromatic nitrogens is 4. The molecule has 15 nitrogen and oxygen atoms in total. The number of aliphatic hydroxyl groups is 3. The summed E-state index contributed by atoms with van der Waals surface area (Å²) in [6.45, 7) is -0.270. The summed E-state index contributed by atoms with van der Waals surface area (Å²) in [6.07, 6.45) is -2.09. The average Bonchev–Trinajstić information content (AvgIpc) is 3.47. The van der Waals surface area contributed by atoms with E-state index in [0.29, 0.717) is 11.2 Å². The lowest BCUT2D eigenvalue weighted by atomic mass is 10.1. The van der Waals surface area contributed by atoms with Gasteiger partial charge in [-0.25, -0.2) is 8.42 Å². The van der Waals surface area contributed by atoms with Crippen molar-refractivity contribution in [1.82, 2.24) is 20.0 Å². The first-order valence-corrected chi connectivity index (χ1v) is 14.6. The molecule has 1 aliphatic carbocycles. The molecule has 0 unspecified atom stereocenters. The lowest BCUT2D eigenvalue weighted by molar-refractivity contribution is -0.0375. The molecule has 2 aromatic rings. The monoisotopic (exact) mass is 537 g/mol. The molecule has 1 saturated heterocycles. The Kier molecular flexibility index (Phi) is 7.64. The molecule has 0 amide bonds. The van der Waals surface area contributed by atoms with Gasteiger partial charge in [-0.2, -0.15) is 9.67 Å². The lowest BCUT2D eigenvalue weighted by Gasteiger charge is -2.17. The van der Waals surface area contributed by atoms with E-state index in [1.54, 1.807) is 6.07 Å². The maximum absolute atomic E-state index is 12.2. The molecule has 35 heavy (non-hydrogen) atoms. The van der Waals surface area contributed by atoms with Crippen molar-refractivity contribution < 1.29 is 47.6 Å². The number of hydrogen-bond donors (Lipinski definition) is 6. The highest BCUT2D eigenvalue weighted by Crippen LogP contribution is 2.38. The number of rotatable bonds is 10. The van der Waals surface area contributed by atoms with E-state index in [1.165, 1.54) is 0 Å². The van der Waals surface area contributed by atoms with Crippen LogP contribution in [0.4, 0.5) is 5.69 Å². The first-order valence-electron chi connectivity index (χ1n) is 11.0. The van der Waals surface area contributed by atoms with Gasteiger partial charge in [-0.3, -0.25) is 4.57 Å². The zero-order valence-corrected chi connectivity index (χ0v) is 20.3. The van der Waals surface area contributed by atoms with Crippen LogP contribution < -0.4 is 10.1 Å². The number of ether oxygens (including phenoxy) is 2. The Hall–Kier alpha value is -1.91. The van der Waals surface area contributed by atoms with E-state index in [2.05, 4.69) is 20.6 Å². The second-order valence-corrected chi connectivity index (χ2v) is 12.8. The SMILES string of the molecule is O=P(O)(O)CS(=O)(=O)C[C@H]1O[C@@H](n2nnc3c(NC4CCCC4)cc(OCCO)nc32)[C@H](O)[C@@H]1O. The van der Waals surface area contributed by atoms with Crippen LogP contribution in [0.5, 0.6) is 5.88 Å². The molecule has 2 aromatic heterocycles. The fourth-order valence-corrected chi connectivity index (χ4v) is 7.57. The van der Waals surface area contributed by atoms with Crippen molar-refractivity contribution in [1.29, 1.82) is 0 Å². The van der Waals surface area contributed by atoms with Crippen LogP contribution in [0.15, 0.2) is 6.07 Å². The summed E-state index contributed by atoms with van der Waals surface area (Å²) in [5.74, 6) is -0.781. The van der Waals surface area contributed by atoms with Gasteiger partial charge in [0, 0.05) is 12.1 Å². The van der Waals surface area contributed by atoms with E-state index in [-0.39, 0.29) is 30.8 Å². The maximum atomic E-state index is 12.2. The van der Waals surface area contributed by atoms with E-state index >= 15 is 0 Å². The minimum Gasteiger partial charge on any atom is -0.475 e. The number of anilines is 1. The molecule has 4 atom stereocenters. The summed E-state index contributed by atoms with van der Waals surface area (Å²) in [6, 6.07) is 1.82. The average molecular weight is 537 g/mol. The minimum atomic E-state index is -4.87. The fraction of sp³-hybridized carbons (Fsp3) is 0.722. The largest absolute Gasteiger partial charge is 0.475 e. The summed E-state index contributed by atoms with van der Waals surface area (Å²) < 4.78 is 47.6. The van der Waals surface area contributed by atoms with Crippen molar-refractivity contribution in [2.24, 2.45) is 0 Å². The highest BCUT2D eigenvalue weighted by atomic mass is 32.2. The van der Waals surface area contributed by atoms with Crippen LogP contribution in [0.3, 0.4) is 0 Å². The van der Waals surface area contributed by atoms with Gasteiger partial charge >= 0.3 is 7.60 Å². The molecule has 0 bridgehead atoms. The third-order valence-corrected chi connectivity index (χ3v) is 9.58. The molecular formula is C18H28N5O10PS. The zero-order valence-electron chi connectivity index (χ0n) is 18.5. The molecule has 2 fully saturated rings. The highest BCUT2D eigenvalue weighted by molar-refractivity contribution is 7.97. The molecule has 3 heterocycles. The summed E-state index contributed by atoms with van der Waals surface area (Å²) in [5.41, 5.74) is -0.398. The number of nitrogens with one attached hydrogen (secondary N) is 1. The Labute approximate surface area is 200 Å². The number of aliphatic hydroxyl groups excluding tert-OH is 3. The van der Waals surface area contributed by atoms with Gasteiger partial charge in [-0.05, 0) is 12.8 Å². The van der Waals surface area contributed by atoms with Gasteiger partial charge in [0.25, 0.3) is 0 Å². The zero-order chi connectivity index (χ0) is 25.4. The number of hydrogen-bond acceptors (Lipinski definition) is 12. The Balaban J connectivity index is 1.63. The molecule has 6 N–H and O–H groups in total. The second-order valence-electron chi connectivity index (χ2n) is 8.66. The quantitative estimate of drug-likeness (QED) is 0.194. The summed E-state index contributed by atoms with van der Waals surface area (Å²) in [5, 5.41) is 41.6. The molecule has 0 radical (unpaired) electrons. The smallest absolute Gasteiger partial charge is 0.340 e. The molecule has 4 rings (SSSR count). The number of fused-ring (bicyclic) bond motifs is 1. The summed E-state index contributed by atoms with van der Waals surface area (Å²) >= 11 is 0. The predicted molar refractivity (Wildman–Crippen MR) is 120 cm³/mol. The van der Waals surface area contributed by atoms with Crippen molar-refractivity contribution >= 4 is 34.3 Å². The van der Waals surface area contributed by atoms with Crippen LogP contribution in [0, 0.1) is 0 Å². The van der Waals surface area contributed by atoms with Crippen molar-refractivity contribution in [3.63, 3.8) is 0 Å². The van der Waals surface area contributed by atoms with Crippen LogP contribution in [-0.2, 0) is 19.1 Å². The van der Waals surface area contributed by atoms with E-state index in [4.69, 9.17) is 24.4 Å². The van der Waals surface area contributed by atoms with Crippen LogP contribution in [0.1, 0.15) is 31.9 Å². The first-order chi connectivity index (χ1) is 16.5. The molecule has 1 saturated carbocycles. The molecule has 0 aromatic carbocycles. The summed E-state index contributed by atoms with van der Waals surface area (Å²) in [7, 11) is -9.20. The predicted octanol–water partition coefficient (Wildman–Crippen LogP) is -1.28. The van der Waals surface area contributed by atoms with Crippen LogP contribution in [-0.4, -0.2) is 102 Å². The third-order valence-electron chi connectivity index (χ3n) is 5.83. The van der Waals surface area contributed by atoms with Gasteiger partial charge in [0.15, 0.2) is 32.7 Å². The standard InChI is InChI=1S/C18H28N5O10PS/c24-5-6-32-13-7-11(19-10-3-1-2-4-10)14-17(20-13)23(22-21-14)18-16(26)15(25)12(33-18)8-35(30,31)9-34(27,28)29/h7,10,12,15-16,18,24-26H,1-6,8-9H2,(H,19,20)(H2,27,28,29)/t12-,15-,16-,18-/m1/s1. The third kappa shape index (κ3) is 6.09. The maximum Gasteiger partial charge on any atom is 0.340 e. The van der Waals surface area contributed by atoms with Crippen molar-refractivity contribution in [2.75, 3.05) is 29.8 Å². The highest BCUT2D eigenvalue weighted by Gasteiger charge is 2.47. The number of nitrogens with zero attached hydrogens (tertiary/aromatic N) is 4. The van der Waals surface area contributed by atoms with Gasteiger partial charge in [-0.15, -0.1) is 5.10 Å². The normalized spacial score (nSPS) is 26.0. The first kappa shape index (κ1) is 26.2. The Morgan fingerprint density at radius 2 is 1.94 bits per heavy atom. The van der Waals surface area contributed by atoms with Gasteiger partial charge in [0.1, 0.15) is 24.9 Å². The molecule has 0 spiro atoms. The molecule has 1 aliphatic heterocycles. The van der Waals surface area contributed by atoms with E-state index in [0.717, 1.165) is 30.4 Å². The van der Waals surface area contributed by atoms with E-state index in [1.807, 2.05) is 0 Å². The number of sulfone groups is 1. The molecule has 196 valence electrons. The molecular weight excluding hydrogens is 509 g/mol. The second kappa shape index (κ2) is 10.2. The topological polar surface area (TPSA) is 226 Å². The van der Waals surface area contributed by atoms with Gasteiger partial charge < -0.3 is 39.9 Å². The van der Waals surface area contributed by atoms with Crippen molar-refractivity contribution in [3.8, 4) is 5.88 Å². The van der Waals surface area contributed by atoms with Gasteiger partial charge in [0.05, 0.1) is 18.0 Å². The fourth-order valence-electron chi connectivity index (χ4n) is 4.32. The van der Waals surface area contributed by atoms with Gasteiger partial charge in [0.2, 0.25) is 5.88 Å².